The number of aliphatic imine (C=N–C) groups is 1. The molecule has 0 spiro atoms. The third kappa shape index (κ3) is 2.80. The fraction of sp³-hybridized carbons (Fsp3) is 0. The molecule has 4 N–H and O–H groups in total. The molecule has 0 aliphatic carbocycles. The first-order chi connectivity index (χ1) is 9.47. The number of carbonyl (C=O) groups excluding carboxylic acids is 1. The smallest absolute Gasteiger partial charge is 0.315 e. The summed E-state index contributed by atoms with van der Waals surface area (Å²) >= 11 is 0. The molecule has 8 heteroatoms. The van der Waals surface area contributed by atoms with Crippen LogP contribution in [0.5, 0.6) is 0 Å². The van der Waals surface area contributed by atoms with Crippen molar-refractivity contribution in [1.29, 1.82) is 0 Å². The molecule has 20 heavy (non-hydrogen) atoms. The van der Waals surface area contributed by atoms with E-state index in [2.05, 4.69) is 4.99 Å². The minimum absolute atomic E-state index is 0.0556. The Morgan fingerprint density at radius 3 is 2.65 bits per heavy atom. The Labute approximate surface area is 112 Å². The summed E-state index contributed by atoms with van der Waals surface area (Å²) in [6, 6.07) is 8.75. The molecule has 1 amide bonds. The molecule has 0 bridgehead atoms. The van der Waals surface area contributed by atoms with Crippen LogP contribution in [-0.2, 0) is 0 Å². The first kappa shape index (κ1) is 13.3. The Hall–Kier alpha value is -3.16. The summed E-state index contributed by atoms with van der Waals surface area (Å²) in [6.45, 7) is 0. The van der Waals surface area contributed by atoms with E-state index in [0.717, 1.165) is 0 Å². The number of nitro groups is 1. The van der Waals surface area contributed by atoms with Crippen LogP contribution in [0.3, 0.4) is 0 Å². The number of benzene rings is 1. The zero-order valence-corrected chi connectivity index (χ0v) is 10.1. The van der Waals surface area contributed by atoms with Crippen LogP contribution in [0.25, 0.3) is 11.3 Å². The highest BCUT2D eigenvalue weighted by Crippen LogP contribution is 2.25. The number of hydrogen-bond acceptors (Lipinski definition) is 4. The molecule has 8 nitrogen and oxygen atoms in total. The van der Waals surface area contributed by atoms with Crippen LogP contribution >= 0.6 is 0 Å². The van der Waals surface area contributed by atoms with Crippen LogP contribution in [0.15, 0.2) is 45.8 Å². The highest BCUT2D eigenvalue weighted by Gasteiger charge is 2.13. The number of nitro benzene ring substituents is 1. The normalized spacial score (nSPS) is 10.0. The van der Waals surface area contributed by atoms with Gasteiger partial charge in [-0.2, -0.15) is 4.99 Å². The first-order valence-corrected chi connectivity index (χ1v) is 5.46. The van der Waals surface area contributed by atoms with Gasteiger partial charge >= 0.3 is 5.91 Å². The van der Waals surface area contributed by atoms with Gasteiger partial charge in [0.1, 0.15) is 5.76 Å². The van der Waals surface area contributed by atoms with E-state index in [1.54, 1.807) is 6.07 Å². The number of furan rings is 1. The molecule has 1 heterocycles. The number of guanidine groups is 1. The van der Waals surface area contributed by atoms with Gasteiger partial charge in [-0.3, -0.25) is 14.9 Å². The van der Waals surface area contributed by atoms with Gasteiger partial charge in [-0.15, -0.1) is 0 Å². The average molecular weight is 274 g/mol. The number of rotatable bonds is 3. The number of nitrogens with zero attached hydrogens (tertiary/aromatic N) is 2. The van der Waals surface area contributed by atoms with Gasteiger partial charge in [0.15, 0.2) is 11.7 Å². The van der Waals surface area contributed by atoms with E-state index in [4.69, 9.17) is 15.9 Å². The van der Waals surface area contributed by atoms with Gasteiger partial charge in [0.25, 0.3) is 5.69 Å². The Balaban J connectivity index is 2.34. The Bertz CT molecular complexity index is 701. The molecular formula is C12H10N4O4. The SMILES string of the molecule is NC(N)=NC(=O)c1ccc(-c2cccc([N+](=O)[O-])c2)o1. The molecule has 0 aliphatic rings. The predicted molar refractivity (Wildman–Crippen MR) is 70.9 cm³/mol. The number of hydrogen-bond donors (Lipinski definition) is 2. The van der Waals surface area contributed by atoms with Crippen molar-refractivity contribution in [2.75, 3.05) is 0 Å². The van der Waals surface area contributed by atoms with Crippen molar-refractivity contribution in [1.82, 2.24) is 0 Å². The molecular weight excluding hydrogens is 264 g/mol. The van der Waals surface area contributed by atoms with Gasteiger partial charge in [0.2, 0.25) is 0 Å². The molecule has 0 saturated carbocycles. The summed E-state index contributed by atoms with van der Waals surface area (Å²) in [5.41, 5.74) is 10.6. The lowest BCUT2D eigenvalue weighted by molar-refractivity contribution is -0.384. The first-order valence-electron chi connectivity index (χ1n) is 5.46. The predicted octanol–water partition coefficient (Wildman–Crippen LogP) is 1.27. The molecule has 0 saturated heterocycles. The quantitative estimate of drug-likeness (QED) is 0.374. The van der Waals surface area contributed by atoms with Crippen molar-refractivity contribution in [3.05, 3.63) is 52.3 Å². The minimum Gasteiger partial charge on any atom is -0.451 e. The lowest BCUT2D eigenvalue weighted by atomic mass is 10.1. The van der Waals surface area contributed by atoms with Gasteiger partial charge in [-0.25, -0.2) is 0 Å². The third-order valence-corrected chi connectivity index (χ3v) is 2.39. The fourth-order valence-corrected chi connectivity index (χ4v) is 1.55. The fourth-order valence-electron chi connectivity index (χ4n) is 1.55. The summed E-state index contributed by atoms with van der Waals surface area (Å²) < 4.78 is 5.28. The summed E-state index contributed by atoms with van der Waals surface area (Å²) in [5.74, 6) is -0.840. The van der Waals surface area contributed by atoms with E-state index in [-0.39, 0.29) is 17.4 Å². The topological polar surface area (TPSA) is 138 Å². The second-order valence-electron chi connectivity index (χ2n) is 3.81. The van der Waals surface area contributed by atoms with E-state index in [1.807, 2.05) is 0 Å². The highest BCUT2D eigenvalue weighted by molar-refractivity contribution is 6.00. The van der Waals surface area contributed by atoms with Gasteiger partial charge in [-0.1, -0.05) is 12.1 Å². The summed E-state index contributed by atoms with van der Waals surface area (Å²) in [4.78, 5) is 25.0. The van der Waals surface area contributed by atoms with Gasteiger partial charge in [0, 0.05) is 17.7 Å². The monoisotopic (exact) mass is 274 g/mol. The van der Waals surface area contributed by atoms with Crippen LogP contribution in [-0.4, -0.2) is 16.8 Å². The Morgan fingerprint density at radius 2 is 2.00 bits per heavy atom. The molecule has 0 atom stereocenters. The van der Waals surface area contributed by atoms with Crippen LogP contribution in [0, 0.1) is 10.1 Å². The van der Waals surface area contributed by atoms with Crippen molar-refractivity contribution in [2.45, 2.75) is 0 Å². The number of nitrogens with two attached hydrogens (primary N) is 2. The molecule has 1 aromatic heterocycles. The van der Waals surface area contributed by atoms with Crippen molar-refractivity contribution in [3.63, 3.8) is 0 Å². The Kier molecular flexibility index (Phi) is 3.47. The molecule has 0 radical (unpaired) electrons. The molecule has 2 aromatic rings. The van der Waals surface area contributed by atoms with Crippen molar-refractivity contribution in [3.8, 4) is 11.3 Å². The standard InChI is InChI=1S/C12H10N4O4/c13-12(14)15-11(17)10-5-4-9(20-10)7-2-1-3-8(6-7)16(18)19/h1-6H,(H4,13,14,15,17). The van der Waals surface area contributed by atoms with E-state index in [1.165, 1.54) is 30.3 Å². The third-order valence-electron chi connectivity index (χ3n) is 2.39. The maximum absolute atomic E-state index is 11.5. The zero-order valence-electron chi connectivity index (χ0n) is 10.1. The van der Waals surface area contributed by atoms with Crippen molar-refractivity contribution < 1.29 is 14.1 Å². The van der Waals surface area contributed by atoms with Gasteiger partial charge < -0.3 is 15.9 Å². The Morgan fingerprint density at radius 1 is 1.25 bits per heavy atom. The number of carbonyl (C=O) groups is 1. The summed E-state index contributed by atoms with van der Waals surface area (Å²) in [7, 11) is 0. The van der Waals surface area contributed by atoms with Crippen molar-refractivity contribution >= 4 is 17.6 Å². The second kappa shape index (κ2) is 5.22. The van der Waals surface area contributed by atoms with Crippen LogP contribution in [0.4, 0.5) is 5.69 Å². The molecule has 2 rings (SSSR count). The molecule has 0 fully saturated rings. The van der Waals surface area contributed by atoms with E-state index >= 15 is 0 Å². The lowest BCUT2D eigenvalue weighted by Gasteiger charge is -1.97. The molecule has 102 valence electrons. The zero-order chi connectivity index (χ0) is 14.7. The molecule has 0 aliphatic heterocycles. The summed E-state index contributed by atoms with van der Waals surface area (Å²) in [5, 5.41) is 10.7. The van der Waals surface area contributed by atoms with Crippen molar-refractivity contribution in [2.24, 2.45) is 16.5 Å². The highest BCUT2D eigenvalue weighted by atomic mass is 16.6. The largest absolute Gasteiger partial charge is 0.451 e. The van der Waals surface area contributed by atoms with E-state index in [9.17, 15) is 14.9 Å². The van der Waals surface area contributed by atoms with E-state index in [0.29, 0.717) is 11.3 Å². The van der Waals surface area contributed by atoms with Crippen LogP contribution in [0.1, 0.15) is 10.6 Å². The van der Waals surface area contributed by atoms with Crippen LogP contribution in [0.2, 0.25) is 0 Å². The average Bonchev–Trinajstić information content (AvgIpc) is 2.87. The molecule has 1 aromatic carbocycles. The minimum atomic E-state index is -0.721. The van der Waals surface area contributed by atoms with E-state index < -0.39 is 10.8 Å². The summed E-state index contributed by atoms with van der Waals surface area (Å²) in [6.07, 6.45) is 0. The lowest BCUT2D eigenvalue weighted by Crippen LogP contribution is -2.24. The maximum atomic E-state index is 11.5. The number of non-ortho nitro benzene ring substituents is 1. The maximum Gasteiger partial charge on any atom is 0.315 e. The number of amides is 1. The van der Waals surface area contributed by atoms with Crippen LogP contribution < -0.4 is 11.5 Å². The van der Waals surface area contributed by atoms with Gasteiger partial charge in [0.05, 0.1) is 4.92 Å². The second-order valence-corrected chi connectivity index (χ2v) is 3.81. The van der Waals surface area contributed by atoms with Gasteiger partial charge in [-0.05, 0) is 12.1 Å². The molecule has 0 unspecified atom stereocenters.